The number of hydrogen-bond acceptors (Lipinski definition) is 8. The van der Waals surface area contributed by atoms with Gasteiger partial charge in [-0.1, -0.05) is 0 Å². The van der Waals surface area contributed by atoms with Gasteiger partial charge in [0, 0.05) is 48.8 Å². The standard InChI is InChI=1S/C24H29N7O2/c1-16-13-32-11-10-30(16)23-20-6-8-29(19-14-33-15-19)12-21(20)27-22(28-23)17-2-4-18(5-3-17)31-9-7-26-24(31)25/h2-5,7,9,16,19H,6,8,10-15H2,1H3,(H2,25,26). The van der Waals surface area contributed by atoms with E-state index in [1.54, 1.807) is 6.20 Å². The van der Waals surface area contributed by atoms with E-state index in [1.165, 1.54) is 5.56 Å². The van der Waals surface area contributed by atoms with Crippen LogP contribution < -0.4 is 10.6 Å². The number of nitrogens with zero attached hydrogens (tertiary/aromatic N) is 6. The molecule has 1 aromatic carbocycles. The van der Waals surface area contributed by atoms with Crippen molar-refractivity contribution in [3.63, 3.8) is 0 Å². The van der Waals surface area contributed by atoms with Gasteiger partial charge < -0.3 is 20.1 Å². The fourth-order valence-corrected chi connectivity index (χ4v) is 4.89. The van der Waals surface area contributed by atoms with Crippen LogP contribution >= 0.6 is 0 Å². The van der Waals surface area contributed by atoms with Crippen LogP contribution in [0.15, 0.2) is 36.7 Å². The van der Waals surface area contributed by atoms with Crippen LogP contribution in [0.4, 0.5) is 11.8 Å². The average molecular weight is 448 g/mol. The highest BCUT2D eigenvalue weighted by Crippen LogP contribution is 2.32. The third kappa shape index (κ3) is 3.76. The lowest BCUT2D eigenvalue weighted by Gasteiger charge is -2.41. The summed E-state index contributed by atoms with van der Waals surface area (Å²) in [6.45, 7) is 8.01. The highest BCUT2D eigenvalue weighted by Gasteiger charge is 2.33. The zero-order valence-corrected chi connectivity index (χ0v) is 18.9. The minimum Gasteiger partial charge on any atom is -0.378 e. The van der Waals surface area contributed by atoms with Crippen LogP contribution in [0, 0.1) is 0 Å². The molecule has 3 aliphatic rings. The van der Waals surface area contributed by atoms with E-state index in [2.05, 4.69) is 33.8 Å². The molecule has 0 aliphatic carbocycles. The van der Waals surface area contributed by atoms with Gasteiger partial charge in [-0.3, -0.25) is 9.47 Å². The maximum Gasteiger partial charge on any atom is 0.204 e. The van der Waals surface area contributed by atoms with Crippen LogP contribution in [0.3, 0.4) is 0 Å². The number of ether oxygens (including phenoxy) is 2. The average Bonchev–Trinajstić information content (AvgIpc) is 3.23. The van der Waals surface area contributed by atoms with Crippen molar-refractivity contribution in [2.45, 2.75) is 32.0 Å². The largest absolute Gasteiger partial charge is 0.378 e. The molecule has 3 aromatic rings. The molecule has 2 saturated heterocycles. The van der Waals surface area contributed by atoms with Crippen molar-refractivity contribution in [2.24, 2.45) is 0 Å². The lowest BCUT2D eigenvalue weighted by atomic mass is 10.0. The Morgan fingerprint density at radius 2 is 1.88 bits per heavy atom. The summed E-state index contributed by atoms with van der Waals surface area (Å²) in [5.41, 5.74) is 10.3. The maximum absolute atomic E-state index is 5.96. The first kappa shape index (κ1) is 20.6. The lowest BCUT2D eigenvalue weighted by molar-refractivity contribution is -0.0699. The Hall–Kier alpha value is -3.01. The molecular weight excluding hydrogens is 418 g/mol. The van der Waals surface area contributed by atoms with E-state index in [1.807, 2.05) is 22.9 Å². The summed E-state index contributed by atoms with van der Waals surface area (Å²) in [5, 5.41) is 0. The van der Waals surface area contributed by atoms with Gasteiger partial charge in [0.2, 0.25) is 5.95 Å². The molecule has 1 unspecified atom stereocenters. The molecular formula is C24H29N7O2. The number of hydrogen-bond donors (Lipinski definition) is 1. The third-order valence-electron chi connectivity index (χ3n) is 6.92. The summed E-state index contributed by atoms with van der Waals surface area (Å²) in [6.07, 6.45) is 4.52. The van der Waals surface area contributed by atoms with Gasteiger partial charge in [-0.05, 0) is 37.6 Å². The number of morpholine rings is 1. The molecule has 2 N–H and O–H groups in total. The number of fused-ring (bicyclic) bond motifs is 1. The second-order valence-electron chi connectivity index (χ2n) is 9.03. The van der Waals surface area contributed by atoms with Gasteiger partial charge >= 0.3 is 0 Å². The van der Waals surface area contributed by atoms with E-state index in [9.17, 15) is 0 Å². The van der Waals surface area contributed by atoms with E-state index in [0.29, 0.717) is 12.0 Å². The number of nitrogen functional groups attached to an aromatic ring is 1. The summed E-state index contributed by atoms with van der Waals surface area (Å²) in [7, 11) is 0. The summed E-state index contributed by atoms with van der Waals surface area (Å²) in [5.74, 6) is 2.30. The first-order valence-electron chi connectivity index (χ1n) is 11.6. The van der Waals surface area contributed by atoms with Gasteiger partial charge in [-0.15, -0.1) is 0 Å². The van der Waals surface area contributed by atoms with Crippen LogP contribution in [0.2, 0.25) is 0 Å². The number of nitrogens with two attached hydrogens (primary N) is 1. The van der Waals surface area contributed by atoms with Crippen LogP contribution in [0.25, 0.3) is 17.1 Å². The molecule has 33 heavy (non-hydrogen) atoms. The Bertz CT molecular complexity index is 1140. The summed E-state index contributed by atoms with van der Waals surface area (Å²) in [6, 6.07) is 8.97. The minimum absolute atomic E-state index is 0.287. The number of anilines is 2. The van der Waals surface area contributed by atoms with Crippen LogP contribution in [0.5, 0.6) is 0 Å². The van der Waals surface area contributed by atoms with Crippen molar-refractivity contribution >= 4 is 11.8 Å². The van der Waals surface area contributed by atoms with E-state index in [0.717, 1.165) is 81.1 Å². The molecule has 0 spiro atoms. The third-order valence-corrected chi connectivity index (χ3v) is 6.92. The first-order chi connectivity index (χ1) is 16.2. The molecule has 0 saturated carbocycles. The van der Waals surface area contributed by atoms with Gasteiger partial charge in [0.05, 0.1) is 44.2 Å². The Balaban J connectivity index is 1.38. The molecule has 0 radical (unpaired) electrons. The van der Waals surface area contributed by atoms with E-state index in [-0.39, 0.29) is 6.04 Å². The smallest absolute Gasteiger partial charge is 0.204 e. The highest BCUT2D eigenvalue weighted by atomic mass is 16.5. The molecule has 172 valence electrons. The number of imidazole rings is 1. The summed E-state index contributed by atoms with van der Waals surface area (Å²) >= 11 is 0. The second kappa shape index (κ2) is 8.40. The molecule has 0 bridgehead atoms. The molecule has 6 rings (SSSR count). The Kier molecular flexibility index (Phi) is 5.24. The Morgan fingerprint density at radius 3 is 2.58 bits per heavy atom. The van der Waals surface area contributed by atoms with Gasteiger partial charge in [-0.25, -0.2) is 15.0 Å². The molecule has 5 heterocycles. The molecule has 0 amide bonds. The van der Waals surface area contributed by atoms with Crippen molar-refractivity contribution < 1.29 is 9.47 Å². The fraction of sp³-hybridized carbons (Fsp3) is 0.458. The molecule has 2 fully saturated rings. The van der Waals surface area contributed by atoms with Gasteiger partial charge in [0.1, 0.15) is 5.82 Å². The quantitative estimate of drug-likeness (QED) is 0.648. The molecule has 1 atom stereocenters. The van der Waals surface area contributed by atoms with Crippen molar-refractivity contribution in [1.29, 1.82) is 0 Å². The van der Waals surface area contributed by atoms with Crippen LogP contribution in [-0.4, -0.2) is 76.0 Å². The molecule has 9 heteroatoms. The van der Waals surface area contributed by atoms with Gasteiger partial charge in [0.15, 0.2) is 5.82 Å². The second-order valence-corrected chi connectivity index (χ2v) is 9.03. The Labute approximate surface area is 193 Å². The maximum atomic E-state index is 5.96. The number of aromatic nitrogens is 4. The SMILES string of the molecule is CC1COCCN1c1nc(-c2ccc(-n3ccnc3N)cc2)nc2c1CCN(C1COC1)C2. The van der Waals surface area contributed by atoms with Crippen molar-refractivity contribution in [3.8, 4) is 17.1 Å². The first-order valence-corrected chi connectivity index (χ1v) is 11.6. The number of benzene rings is 1. The summed E-state index contributed by atoms with van der Waals surface area (Å²) in [4.78, 5) is 19.2. The molecule has 3 aliphatic heterocycles. The topological polar surface area (TPSA) is 94.6 Å². The van der Waals surface area contributed by atoms with Gasteiger partial charge in [-0.2, -0.15) is 0 Å². The highest BCUT2D eigenvalue weighted by molar-refractivity contribution is 5.63. The lowest BCUT2D eigenvalue weighted by Crippen LogP contribution is -2.51. The van der Waals surface area contributed by atoms with Crippen molar-refractivity contribution in [2.75, 3.05) is 50.2 Å². The van der Waals surface area contributed by atoms with Crippen molar-refractivity contribution in [3.05, 3.63) is 47.9 Å². The molecule has 9 nitrogen and oxygen atoms in total. The van der Waals surface area contributed by atoms with Crippen LogP contribution in [0.1, 0.15) is 18.2 Å². The Morgan fingerprint density at radius 1 is 1.03 bits per heavy atom. The monoisotopic (exact) mass is 447 g/mol. The van der Waals surface area contributed by atoms with E-state index < -0.39 is 0 Å². The zero-order chi connectivity index (χ0) is 22.4. The minimum atomic E-state index is 0.287. The predicted molar refractivity (Wildman–Crippen MR) is 125 cm³/mol. The fourth-order valence-electron chi connectivity index (χ4n) is 4.89. The predicted octanol–water partition coefficient (Wildman–Crippen LogP) is 1.89. The summed E-state index contributed by atoms with van der Waals surface area (Å²) < 4.78 is 13.0. The van der Waals surface area contributed by atoms with Crippen LogP contribution in [-0.2, 0) is 22.4 Å². The van der Waals surface area contributed by atoms with E-state index >= 15 is 0 Å². The zero-order valence-electron chi connectivity index (χ0n) is 18.9. The van der Waals surface area contributed by atoms with Crippen molar-refractivity contribution in [1.82, 2.24) is 24.4 Å². The van der Waals surface area contributed by atoms with Gasteiger partial charge in [0.25, 0.3) is 0 Å². The normalized spacial score (nSPS) is 21.6. The molecule has 2 aromatic heterocycles. The number of rotatable bonds is 4. The van der Waals surface area contributed by atoms with E-state index in [4.69, 9.17) is 25.2 Å².